The van der Waals surface area contributed by atoms with Gasteiger partial charge in [0.25, 0.3) is 0 Å². The number of hydrogen-bond acceptors (Lipinski definition) is 2. The van der Waals surface area contributed by atoms with Crippen LogP contribution in [0.25, 0.3) is 10.8 Å². The Labute approximate surface area is 92.2 Å². The van der Waals surface area contributed by atoms with E-state index >= 15 is 0 Å². The van der Waals surface area contributed by atoms with E-state index in [1.807, 2.05) is 0 Å². The highest BCUT2D eigenvalue weighted by Gasteiger charge is 2.31. The average Bonchev–Trinajstić information content (AvgIpc) is 2.18. The number of hydrogen-bond donors (Lipinski definition) is 0. The quantitative estimate of drug-likeness (QED) is 0.715. The van der Waals surface area contributed by atoms with Gasteiger partial charge < -0.3 is 4.42 Å². The van der Waals surface area contributed by atoms with Gasteiger partial charge in [0.15, 0.2) is 6.26 Å². The second kappa shape index (κ2) is 3.52. The third-order valence-corrected chi connectivity index (χ3v) is 2.34. The van der Waals surface area contributed by atoms with Gasteiger partial charge >= 0.3 is 11.8 Å². The zero-order valence-corrected chi connectivity index (χ0v) is 8.32. The van der Waals surface area contributed by atoms with Crippen LogP contribution in [0.5, 0.6) is 0 Å². The SMILES string of the molecule is O=c1o[c]cc2c(Cl)cc(C(F)(F)F)cc12. The minimum absolute atomic E-state index is 0.158. The Kier molecular flexibility index (Phi) is 2.42. The average molecular weight is 248 g/mol. The lowest BCUT2D eigenvalue weighted by molar-refractivity contribution is -0.137. The van der Waals surface area contributed by atoms with Crippen molar-refractivity contribution in [1.29, 1.82) is 0 Å². The fourth-order valence-corrected chi connectivity index (χ4v) is 1.57. The second-order valence-electron chi connectivity index (χ2n) is 3.07. The van der Waals surface area contributed by atoms with E-state index < -0.39 is 17.4 Å². The lowest BCUT2D eigenvalue weighted by Gasteiger charge is -2.08. The molecule has 0 saturated carbocycles. The molecule has 0 aliphatic rings. The fourth-order valence-electron chi connectivity index (χ4n) is 1.29. The highest BCUT2D eigenvalue weighted by molar-refractivity contribution is 6.35. The molecule has 0 atom stereocenters. The first-order chi connectivity index (χ1) is 7.39. The summed E-state index contributed by atoms with van der Waals surface area (Å²) in [5.41, 5.74) is -1.88. The summed E-state index contributed by atoms with van der Waals surface area (Å²) in [6.07, 6.45) is -2.40. The number of rotatable bonds is 0. The van der Waals surface area contributed by atoms with E-state index in [1.54, 1.807) is 0 Å². The van der Waals surface area contributed by atoms with Crippen LogP contribution in [0.4, 0.5) is 13.2 Å². The van der Waals surface area contributed by atoms with Crippen LogP contribution in [0.1, 0.15) is 5.56 Å². The smallest absolute Gasteiger partial charge is 0.416 e. The van der Waals surface area contributed by atoms with Gasteiger partial charge in [-0.15, -0.1) is 0 Å². The molecule has 1 radical (unpaired) electrons. The normalized spacial score (nSPS) is 12.0. The standard InChI is InChI=1S/C10H3ClF3O2/c11-8-4-5(10(12,13)14)3-7-6(8)1-2-16-9(7)15/h1,3-4H. The van der Waals surface area contributed by atoms with Gasteiger partial charge in [0, 0.05) is 10.4 Å². The van der Waals surface area contributed by atoms with Crippen LogP contribution in [-0.2, 0) is 6.18 Å². The summed E-state index contributed by atoms with van der Waals surface area (Å²) in [6.45, 7) is 0. The summed E-state index contributed by atoms with van der Waals surface area (Å²) in [5.74, 6) is 0. The first-order valence-corrected chi connectivity index (χ1v) is 4.48. The molecule has 6 heteroatoms. The molecule has 2 nitrogen and oxygen atoms in total. The molecule has 2 aromatic rings. The highest BCUT2D eigenvalue weighted by atomic mass is 35.5. The van der Waals surface area contributed by atoms with Crippen molar-refractivity contribution in [2.75, 3.05) is 0 Å². The van der Waals surface area contributed by atoms with Gasteiger partial charge in [0.2, 0.25) is 0 Å². The van der Waals surface area contributed by atoms with Crippen LogP contribution in [0.2, 0.25) is 5.02 Å². The number of fused-ring (bicyclic) bond motifs is 1. The largest absolute Gasteiger partial charge is 0.419 e. The van der Waals surface area contributed by atoms with Gasteiger partial charge in [0.1, 0.15) is 0 Å². The monoisotopic (exact) mass is 247 g/mol. The summed E-state index contributed by atoms with van der Waals surface area (Å²) in [7, 11) is 0. The molecular formula is C10H3ClF3O2. The Balaban J connectivity index is 2.86. The van der Waals surface area contributed by atoms with E-state index in [0.29, 0.717) is 6.07 Å². The van der Waals surface area contributed by atoms with E-state index in [4.69, 9.17) is 11.6 Å². The van der Waals surface area contributed by atoms with Crippen molar-refractivity contribution in [2.45, 2.75) is 6.18 Å². The second-order valence-corrected chi connectivity index (χ2v) is 3.48. The molecule has 0 bridgehead atoms. The molecule has 0 N–H and O–H groups in total. The fraction of sp³-hybridized carbons (Fsp3) is 0.100. The van der Waals surface area contributed by atoms with Gasteiger partial charge in [-0.1, -0.05) is 11.6 Å². The van der Waals surface area contributed by atoms with Crippen molar-refractivity contribution in [1.82, 2.24) is 0 Å². The van der Waals surface area contributed by atoms with Crippen LogP contribution in [-0.4, -0.2) is 0 Å². The van der Waals surface area contributed by atoms with Crippen LogP contribution >= 0.6 is 11.6 Å². The van der Waals surface area contributed by atoms with Crippen molar-refractivity contribution in [3.63, 3.8) is 0 Å². The van der Waals surface area contributed by atoms with E-state index in [1.165, 1.54) is 6.07 Å². The van der Waals surface area contributed by atoms with E-state index in [9.17, 15) is 18.0 Å². The Morgan fingerprint density at radius 2 is 1.94 bits per heavy atom. The third-order valence-electron chi connectivity index (χ3n) is 2.03. The Morgan fingerprint density at radius 1 is 1.25 bits per heavy atom. The highest BCUT2D eigenvalue weighted by Crippen LogP contribution is 2.33. The summed E-state index contributed by atoms with van der Waals surface area (Å²) >= 11 is 5.64. The zero-order chi connectivity index (χ0) is 11.9. The molecule has 1 heterocycles. The van der Waals surface area contributed by atoms with E-state index in [0.717, 1.165) is 6.07 Å². The maximum absolute atomic E-state index is 12.4. The topological polar surface area (TPSA) is 30.2 Å². The predicted octanol–water partition coefficient (Wildman–Crippen LogP) is 3.27. The summed E-state index contributed by atoms with van der Waals surface area (Å²) in [4.78, 5) is 11.2. The Bertz CT molecular complexity index is 601. The van der Waals surface area contributed by atoms with Crippen LogP contribution in [0, 0.1) is 6.26 Å². The lowest BCUT2D eigenvalue weighted by atomic mass is 10.1. The minimum Gasteiger partial charge on any atom is -0.419 e. The molecule has 0 unspecified atom stereocenters. The van der Waals surface area contributed by atoms with E-state index in [2.05, 4.69) is 10.7 Å². The Morgan fingerprint density at radius 3 is 2.56 bits per heavy atom. The summed E-state index contributed by atoms with van der Waals surface area (Å²) in [5, 5.41) is -0.182. The molecule has 0 fully saturated rings. The van der Waals surface area contributed by atoms with Crippen LogP contribution in [0.3, 0.4) is 0 Å². The predicted molar refractivity (Wildman–Crippen MR) is 51.3 cm³/mol. The van der Waals surface area contributed by atoms with E-state index in [-0.39, 0.29) is 15.8 Å². The number of alkyl halides is 3. The molecule has 1 aromatic carbocycles. The van der Waals surface area contributed by atoms with Gasteiger partial charge in [-0.05, 0) is 18.2 Å². The van der Waals surface area contributed by atoms with Gasteiger partial charge in [-0.2, -0.15) is 13.2 Å². The summed E-state index contributed by atoms with van der Waals surface area (Å²) in [6, 6.07) is 2.69. The van der Waals surface area contributed by atoms with Gasteiger partial charge in [0.05, 0.1) is 10.9 Å². The molecule has 0 aliphatic carbocycles. The number of benzene rings is 1. The summed E-state index contributed by atoms with van der Waals surface area (Å²) < 4.78 is 41.6. The molecule has 0 saturated heterocycles. The van der Waals surface area contributed by atoms with Crippen molar-refractivity contribution >= 4 is 22.4 Å². The number of halogens is 4. The molecule has 0 amide bonds. The molecular weight excluding hydrogens is 245 g/mol. The van der Waals surface area contributed by atoms with Crippen molar-refractivity contribution < 1.29 is 17.6 Å². The maximum atomic E-state index is 12.4. The molecule has 83 valence electrons. The molecule has 1 aromatic heterocycles. The minimum atomic E-state index is -4.55. The first kappa shape index (κ1) is 11.0. The third kappa shape index (κ3) is 1.78. The van der Waals surface area contributed by atoms with Gasteiger partial charge in [-0.25, -0.2) is 4.79 Å². The molecule has 2 rings (SSSR count). The molecule has 0 spiro atoms. The molecule has 16 heavy (non-hydrogen) atoms. The maximum Gasteiger partial charge on any atom is 0.416 e. The van der Waals surface area contributed by atoms with Crippen LogP contribution < -0.4 is 5.63 Å². The van der Waals surface area contributed by atoms with Gasteiger partial charge in [-0.3, -0.25) is 0 Å². The van der Waals surface area contributed by atoms with Crippen molar-refractivity contribution in [3.8, 4) is 0 Å². The van der Waals surface area contributed by atoms with Crippen LogP contribution in [0.15, 0.2) is 27.4 Å². The van der Waals surface area contributed by atoms with Crippen molar-refractivity contribution in [2.24, 2.45) is 0 Å². The zero-order valence-electron chi connectivity index (χ0n) is 7.56. The first-order valence-electron chi connectivity index (χ1n) is 4.10. The molecule has 0 aliphatic heterocycles. The lowest BCUT2D eigenvalue weighted by Crippen LogP contribution is -2.07. The van der Waals surface area contributed by atoms with Crippen molar-refractivity contribution in [3.05, 3.63) is 45.5 Å². The Hall–Kier alpha value is -1.49.